The number of carbonyl (C=O) groups excluding carboxylic acids is 1. The minimum atomic E-state index is -0.0487. The first-order valence-corrected chi connectivity index (χ1v) is 13.2. The molecule has 1 fully saturated rings. The second-order valence-corrected chi connectivity index (χ2v) is 10.3. The lowest BCUT2D eigenvalue weighted by Gasteiger charge is -2.09. The van der Waals surface area contributed by atoms with Crippen molar-refractivity contribution in [1.29, 1.82) is 0 Å². The number of benzene rings is 3. The Morgan fingerprint density at radius 1 is 0.917 bits per heavy atom. The molecular weight excluding hydrogens is 484 g/mol. The summed E-state index contributed by atoms with van der Waals surface area (Å²) in [6.45, 7) is 5.58. The van der Waals surface area contributed by atoms with E-state index in [0.717, 1.165) is 29.1 Å². The number of fused-ring (bicyclic) bond motifs is 3. The summed E-state index contributed by atoms with van der Waals surface area (Å²) in [6, 6.07) is 25.1. The van der Waals surface area contributed by atoms with Crippen molar-refractivity contribution in [3.05, 3.63) is 89.5 Å². The van der Waals surface area contributed by atoms with E-state index in [4.69, 9.17) is 17.3 Å². The summed E-state index contributed by atoms with van der Waals surface area (Å²) in [4.78, 5) is 15.2. The Hall–Kier alpha value is -3.68. The van der Waals surface area contributed by atoms with E-state index in [0.29, 0.717) is 15.8 Å². The number of likely N-dealkylation sites (N-methyl/N-ethyl adjacent to an activating group) is 1. The highest BCUT2D eigenvalue weighted by Crippen LogP contribution is 2.37. The van der Waals surface area contributed by atoms with Crippen molar-refractivity contribution >= 4 is 62.1 Å². The van der Waals surface area contributed by atoms with E-state index in [-0.39, 0.29) is 5.91 Å². The van der Waals surface area contributed by atoms with E-state index in [1.165, 1.54) is 33.6 Å². The second kappa shape index (κ2) is 9.08. The number of thioether (sulfide) groups is 1. The Labute approximate surface area is 219 Å². The third kappa shape index (κ3) is 3.67. The minimum absolute atomic E-state index is 0.0487. The van der Waals surface area contributed by atoms with Crippen molar-refractivity contribution in [2.75, 3.05) is 6.54 Å². The van der Waals surface area contributed by atoms with Gasteiger partial charge in [0.25, 0.3) is 5.91 Å². The molecule has 1 aliphatic heterocycles. The zero-order valence-electron chi connectivity index (χ0n) is 20.0. The number of rotatable bonds is 5. The molecule has 5 nitrogen and oxygen atoms in total. The molecular formula is C29H24N4OS2. The van der Waals surface area contributed by atoms with Gasteiger partial charge >= 0.3 is 0 Å². The number of thiocarbonyl (C=S) groups is 1. The monoisotopic (exact) mass is 508 g/mol. The fourth-order valence-electron chi connectivity index (χ4n) is 4.89. The third-order valence-corrected chi connectivity index (χ3v) is 7.98. The van der Waals surface area contributed by atoms with Crippen LogP contribution >= 0.6 is 24.0 Å². The predicted molar refractivity (Wildman–Crippen MR) is 153 cm³/mol. The van der Waals surface area contributed by atoms with Gasteiger partial charge in [0.05, 0.1) is 10.6 Å². The van der Waals surface area contributed by atoms with Crippen molar-refractivity contribution in [3.63, 3.8) is 0 Å². The van der Waals surface area contributed by atoms with Gasteiger partial charge in [0, 0.05) is 52.2 Å². The zero-order valence-corrected chi connectivity index (χ0v) is 21.6. The Kier molecular flexibility index (Phi) is 5.74. The molecule has 0 saturated carbocycles. The van der Waals surface area contributed by atoms with Gasteiger partial charge in [-0.2, -0.15) is 5.10 Å². The van der Waals surface area contributed by atoms with Crippen LogP contribution in [0.5, 0.6) is 0 Å². The predicted octanol–water partition coefficient (Wildman–Crippen LogP) is 6.89. The Balaban J connectivity index is 1.55. The molecule has 3 aromatic carbocycles. The molecule has 1 aliphatic rings. The van der Waals surface area contributed by atoms with Crippen molar-refractivity contribution in [2.45, 2.75) is 20.4 Å². The van der Waals surface area contributed by atoms with Crippen LogP contribution in [0.4, 0.5) is 0 Å². The number of carbonyl (C=O) groups is 1. The van der Waals surface area contributed by atoms with Gasteiger partial charge in [0.15, 0.2) is 0 Å². The van der Waals surface area contributed by atoms with Gasteiger partial charge < -0.3 is 4.57 Å². The van der Waals surface area contributed by atoms with Crippen LogP contribution in [0.25, 0.3) is 44.8 Å². The molecule has 0 atom stereocenters. The van der Waals surface area contributed by atoms with E-state index in [1.807, 2.05) is 54.2 Å². The van der Waals surface area contributed by atoms with E-state index >= 15 is 0 Å². The lowest BCUT2D eigenvalue weighted by atomic mass is 10.0. The Morgan fingerprint density at radius 2 is 1.67 bits per heavy atom. The van der Waals surface area contributed by atoms with Gasteiger partial charge in [0.2, 0.25) is 0 Å². The molecule has 3 heterocycles. The number of aryl methyl sites for hydroxylation is 1. The molecule has 5 aromatic rings. The van der Waals surface area contributed by atoms with Crippen molar-refractivity contribution in [3.8, 4) is 16.9 Å². The van der Waals surface area contributed by atoms with Crippen molar-refractivity contribution < 1.29 is 4.79 Å². The van der Waals surface area contributed by atoms with Crippen LogP contribution < -0.4 is 0 Å². The van der Waals surface area contributed by atoms with Crippen LogP contribution in [0.1, 0.15) is 19.4 Å². The molecule has 7 heteroatoms. The SMILES string of the molecule is CCN1C(=O)/C(=C/c2cn(-c3ccccc3)nc2-c2ccc3c(c2)c2ccccc2n3CC)SC1=S. The average Bonchev–Trinajstić information content (AvgIpc) is 3.55. The number of hydrogen-bond acceptors (Lipinski definition) is 4. The van der Waals surface area contributed by atoms with Crippen molar-refractivity contribution in [2.24, 2.45) is 0 Å². The zero-order chi connectivity index (χ0) is 24.8. The normalized spacial score (nSPS) is 15.2. The number of aromatic nitrogens is 3. The van der Waals surface area contributed by atoms with Crippen LogP contribution in [-0.4, -0.2) is 36.0 Å². The van der Waals surface area contributed by atoms with E-state index in [2.05, 4.69) is 54.0 Å². The topological polar surface area (TPSA) is 43.1 Å². The standard InChI is InChI=1S/C29H24N4OS2/c1-3-31-24-13-9-8-12-22(24)23-16-19(14-15-25(23)31)27-20(17-26-28(34)32(4-2)29(35)36-26)18-33(30-27)21-10-6-5-7-11-21/h5-18H,3-4H2,1-2H3/b26-17-. The van der Waals surface area contributed by atoms with E-state index in [9.17, 15) is 4.79 Å². The van der Waals surface area contributed by atoms with Gasteiger partial charge in [0.1, 0.15) is 10.0 Å². The van der Waals surface area contributed by atoms with E-state index < -0.39 is 0 Å². The fourth-order valence-corrected chi connectivity index (χ4v) is 6.26. The number of nitrogens with zero attached hydrogens (tertiary/aromatic N) is 4. The van der Waals surface area contributed by atoms with Crippen LogP contribution in [0.15, 0.2) is 83.9 Å². The van der Waals surface area contributed by atoms with Gasteiger partial charge in [-0.15, -0.1) is 0 Å². The van der Waals surface area contributed by atoms with Crippen molar-refractivity contribution in [1.82, 2.24) is 19.2 Å². The molecule has 6 rings (SSSR count). The Bertz CT molecular complexity index is 1680. The molecule has 1 amide bonds. The molecule has 0 unspecified atom stereocenters. The molecule has 0 spiro atoms. The summed E-state index contributed by atoms with van der Waals surface area (Å²) >= 11 is 6.78. The third-order valence-electron chi connectivity index (χ3n) is 6.60. The second-order valence-electron chi connectivity index (χ2n) is 8.63. The molecule has 1 saturated heterocycles. The lowest BCUT2D eigenvalue weighted by molar-refractivity contribution is -0.121. The maximum atomic E-state index is 13.0. The first-order valence-electron chi connectivity index (χ1n) is 12.0. The molecule has 0 radical (unpaired) electrons. The minimum Gasteiger partial charge on any atom is -0.341 e. The van der Waals surface area contributed by atoms with Crippen LogP contribution in [0, 0.1) is 0 Å². The lowest BCUT2D eigenvalue weighted by Crippen LogP contribution is -2.27. The van der Waals surface area contributed by atoms with Gasteiger partial charge in [-0.25, -0.2) is 4.68 Å². The highest BCUT2D eigenvalue weighted by atomic mass is 32.2. The largest absolute Gasteiger partial charge is 0.341 e. The molecule has 178 valence electrons. The quantitative estimate of drug-likeness (QED) is 0.192. The van der Waals surface area contributed by atoms with Gasteiger partial charge in [-0.1, -0.05) is 66.4 Å². The fraction of sp³-hybridized carbons (Fsp3) is 0.138. The highest BCUT2D eigenvalue weighted by molar-refractivity contribution is 8.26. The Morgan fingerprint density at radius 3 is 2.42 bits per heavy atom. The summed E-state index contributed by atoms with van der Waals surface area (Å²) in [5.41, 5.74) is 6.11. The maximum absolute atomic E-state index is 13.0. The number of amides is 1. The number of para-hydroxylation sites is 2. The van der Waals surface area contributed by atoms with Crippen LogP contribution in [0.3, 0.4) is 0 Å². The summed E-state index contributed by atoms with van der Waals surface area (Å²) in [7, 11) is 0. The first-order chi connectivity index (χ1) is 17.6. The maximum Gasteiger partial charge on any atom is 0.266 e. The van der Waals surface area contributed by atoms with Crippen LogP contribution in [-0.2, 0) is 11.3 Å². The summed E-state index contributed by atoms with van der Waals surface area (Å²) in [5.74, 6) is -0.0487. The molecule has 0 N–H and O–H groups in total. The average molecular weight is 509 g/mol. The first kappa shape index (κ1) is 22.8. The summed E-state index contributed by atoms with van der Waals surface area (Å²) in [5, 5.41) is 7.41. The number of hydrogen-bond donors (Lipinski definition) is 0. The van der Waals surface area contributed by atoms with Gasteiger partial charge in [-0.3, -0.25) is 9.69 Å². The smallest absolute Gasteiger partial charge is 0.266 e. The molecule has 0 aliphatic carbocycles. The summed E-state index contributed by atoms with van der Waals surface area (Å²) in [6.07, 6.45) is 3.92. The molecule has 2 aromatic heterocycles. The summed E-state index contributed by atoms with van der Waals surface area (Å²) < 4.78 is 4.81. The molecule has 36 heavy (non-hydrogen) atoms. The van der Waals surface area contributed by atoms with Crippen LogP contribution in [0.2, 0.25) is 0 Å². The molecule has 0 bridgehead atoms. The van der Waals surface area contributed by atoms with Gasteiger partial charge in [-0.05, 0) is 50.3 Å². The highest BCUT2D eigenvalue weighted by Gasteiger charge is 2.31. The van der Waals surface area contributed by atoms with E-state index in [1.54, 1.807) is 4.90 Å².